The van der Waals surface area contributed by atoms with Gasteiger partial charge in [0.05, 0.1) is 0 Å². The van der Waals surface area contributed by atoms with E-state index in [-0.39, 0.29) is 0 Å². The van der Waals surface area contributed by atoms with Crippen LogP contribution in [0.2, 0.25) is 0 Å². The summed E-state index contributed by atoms with van der Waals surface area (Å²) >= 11 is 0. The molecule has 156 valence electrons. The van der Waals surface area contributed by atoms with Gasteiger partial charge in [-0.15, -0.1) is 0 Å². The number of allylic oxidation sites excluding steroid dienone is 6. The van der Waals surface area contributed by atoms with Crippen molar-refractivity contribution >= 4 is 5.97 Å². The average molecular weight is 377 g/mol. The quantitative estimate of drug-likeness (QED) is 0.171. The zero-order valence-electron chi connectivity index (χ0n) is 17.8. The molecule has 0 atom stereocenters. The molecule has 0 saturated carbocycles. The van der Waals surface area contributed by atoms with Gasteiger partial charge in [0.15, 0.2) is 0 Å². The van der Waals surface area contributed by atoms with Crippen LogP contribution in [0.1, 0.15) is 116 Å². The van der Waals surface area contributed by atoms with E-state index < -0.39 is 5.97 Å². The summed E-state index contributed by atoms with van der Waals surface area (Å²) in [7, 11) is 0. The first kappa shape index (κ1) is 25.7. The largest absolute Gasteiger partial charge is 0.481 e. The van der Waals surface area contributed by atoms with Gasteiger partial charge in [-0.25, -0.2) is 0 Å². The van der Waals surface area contributed by atoms with Gasteiger partial charge in [-0.05, 0) is 44.9 Å². The normalized spacial score (nSPS) is 12.0. The average Bonchev–Trinajstić information content (AvgIpc) is 2.65. The van der Waals surface area contributed by atoms with Gasteiger partial charge in [0, 0.05) is 6.42 Å². The fraction of sp³-hybridized carbons (Fsp3) is 0.720. The minimum absolute atomic E-state index is 0.328. The molecule has 0 amide bonds. The molecular formula is C25H44O2. The van der Waals surface area contributed by atoms with Gasteiger partial charge in [-0.3, -0.25) is 4.79 Å². The Balaban J connectivity index is 3.25. The number of hydrogen-bond acceptors (Lipinski definition) is 1. The van der Waals surface area contributed by atoms with Crippen LogP contribution in [0.25, 0.3) is 0 Å². The lowest BCUT2D eigenvalue weighted by atomic mass is 10.1. The molecule has 2 nitrogen and oxygen atoms in total. The molecule has 0 aromatic carbocycles. The Labute approximate surface area is 168 Å². The Morgan fingerprint density at radius 2 is 1.00 bits per heavy atom. The first-order valence-corrected chi connectivity index (χ1v) is 11.4. The lowest BCUT2D eigenvalue weighted by molar-refractivity contribution is -0.137. The van der Waals surface area contributed by atoms with Gasteiger partial charge in [0.25, 0.3) is 0 Å². The first-order valence-electron chi connectivity index (χ1n) is 11.4. The van der Waals surface area contributed by atoms with E-state index in [0.29, 0.717) is 6.42 Å². The molecule has 0 unspecified atom stereocenters. The van der Waals surface area contributed by atoms with Crippen molar-refractivity contribution in [3.05, 3.63) is 36.5 Å². The van der Waals surface area contributed by atoms with Crippen molar-refractivity contribution in [2.75, 3.05) is 0 Å². The standard InChI is InChI=1S/C25H44O2/c1-2-3-4-5-6-7-8-9-10-11-12-13-14-15-16-17-18-19-20-21-22-23-24-25(26)27/h8-9,11-12,14-15H,2-7,10,13,16-24H2,1H3,(H,26,27). The maximum atomic E-state index is 10.4. The van der Waals surface area contributed by atoms with Crippen molar-refractivity contribution in [1.82, 2.24) is 0 Å². The van der Waals surface area contributed by atoms with Crippen LogP contribution in [0.15, 0.2) is 36.5 Å². The zero-order valence-corrected chi connectivity index (χ0v) is 17.8. The molecular weight excluding hydrogens is 332 g/mol. The lowest BCUT2D eigenvalue weighted by Gasteiger charge is -2.00. The predicted molar refractivity (Wildman–Crippen MR) is 119 cm³/mol. The van der Waals surface area contributed by atoms with Crippen LogP contribution in [-0.4, -0.2) is 11.1 Å². The van der Waals surface area contributed by atoms with Gasteiger partial charge in [-0.2, -0.15) is 0 Å². The molecule has 27 heavy (non-hydrogen) atoms. The molecule has 1 N–H and O–H groups in total. The van der Waals surface area contributed by atoms with Gasteiger partial charge in [0.2, 0.25) is 0 Å². The Kier molecular flexibility index (Phi) is 21.6. The van der Waals surface area contributed by atoms with E-state index in [1.807, 2.05) is 0 Å². The van der Waals surface area contributed by atoms with Crippen molar-refractivity contribution in [3.63, 3.8) is 0 Å². The molecule has 0 aromatic rings. The Morgan fingerprint density at radius 3 is 1.48 bits per heavy atom. The summed E-state index contributed by atoms with van der Waals surface area (Å²) in [6, 6.07) is 0. The van der Waals surface area contributed by atoms with E-state index in [9.17, 15) is 4.79 Å². The smallest absolute Gasteiger partial charge is 0.303 e. The molecule has 0 aliphatic rings. The highest BCUT2D eigenvalue weighted by atomic mass is 16.4. The fourth-order valence-corrected chi connectivity index (χ4v) is 3.07. The molecule has 0 spiro atoms. The number of carbonyl (C=O) groups is 1. The van der Waals surface area contributed by atoms with Crippen molar-refractivity contribution in [3.8, 4) is 0 Å². The molecule has 0 saturated heterocycles. The summed E-state index contributed by atoms with van der Waals surface area (Å²) in [5.74, 6) is -0.665. The van der Waals surface area contributed by atoms with E-state index in [4.69, 9.17) is 5.11 Å². The number of hydrogen-bond donors (Lipinski definition) is 1. The summed E-state index contributed by atoms with van der Waals surface area (Å²) in [5.41, 5.74) is 0. The molecule has 0 bridgehead atoms. The monoisotopic (exact) mass is 376 g/mol. The van der Waals surface area contributed by atoms with Crippen LogP contribution in [-0.2, 0) is 4.79 Å². The number of carboxylic acid groups (broad SMARTS) is 1. The molecule has 0 rings (SSSR count). The van der Waals surface area contributed by atoms with Gasteiger partial charge < -0.3 is 5.11 Å². The maximum absolute atomic E-state index is 10.4. The van der Waals surface area contributed by atoms with E-state index in [2.05, 4.69) is 43.4 Å². The van der Waals surface area contributed by atoms with Crippen LogP contribution >= 0.6 is 0 Å². The fourth-order valence-electron chi connectivity index (χ4n) is 3.07. The highest BCUT2D eigenvalue weighted by Gasteiger charge is 1.96. The van der Waals surface area contributed by atoms with Gasteiger partial charge in [0.1, 0.15) is 0 Å². The number of rotatable bonds is 20. The van der Waals surface area contributed by atoms with Crippen LogP contribution < -0.4 is 0 Å². The Morgan fingerprint density at radius 1 is 0.593 bits per heavy atom. The van der Waals surface area contributed by atoms with Crippen molar-refractivity contribution < 1.29 is 9.90 Å². The summed E-state index contributed by atoms with van der Waals surface area (Å²) in [5, 5.41) is 8.57. The van der Waals surface area contributed by atoms with Gasteiger partial charge >= 0.3 is 5.97 Å². The number of unbranched alkanes of at least 4 members (excludes halogenated alkanes) is 12. The maximum Gasteiger partial charge on any atom is 0.303 e. The van der Waals surface area contributed by atoms with Crippen molar-refractivity contribution in [2.45, 2.75) is 116 Å². The van der Waals surface area contributed by atoms with Crippen molar-refractivity contribution in [2.24, 2.45) is 0 Å². The van der Waals surface area contributed by atoms with Crippen LogP contribution in [0.5, 0.6) is 0 Å². The molecule has 2 heteroatoms. The second kappa shape index (κ2) is 22.7. The van der Waals surface area contributed by atoms with E-state index in [1.165, 1.54) is 77.0 Å². The summed E-state index contributed by atoms with van der Waals surface area (Å²) in [4.78, 5) is 10.4. The minimum Gasteiger partial charge on any atom is -0.481 e. The zero-order chi connectivity index (χ0) is 19.8. The molecule has 0 aliphatic heterocycles. The third-order valence-corrected chi connectivity index (χ3v) is 4.78. The molecule has 0 fully saturated rings. The SMILES string of the molecule is CCCCCCCC=CCC=CCC=CCCCCCCCCCC(=O)O. The number of carboxylic acids is 1. The Hall–Kier alpha value is -1.31. The summed E-state index contributed by atoms with van der Waals surface area (Å²) in [6.07, 6.45) is 33.6. The first-order chi connectivity index (χ1) is 13.3. The second-order valence-corrected chi connectivity index (χ2v) is 7.50. The van der Waals surface area contributed by atoms with E-state index in [1.54, 1.807) is 0 Å². The number of aliphatic carboxylic acids is 1. The molecule has 0 radical (unpaired) electrons. The highest BCUT2D eigenvalue weighted by molar-refractivity contribution is 5.66. The third-order valence-electron chi connectivity index (χ3n) is 4.78. The highest BCUT2D eigenvalue weighted by Crippen LogP contribution is 2.10. The lowest BCUT2D eigenvalue weighted by Crippen LogP contribution is -1.93. The minimum atomic E-state index is -0.665. The molecule has 0 aromatic heterocycles. The Bertz CT molecular complexity index is 393. The van der Waals surface area contributed by atoms with E-state index in [0.717, 1.165) is 25.7 Å². The van der Waals surface area contributed by atoms with Crippen LogP contribution in [0.4, 0.5) is 0 Å². The third kappa shape index (κ3) is 24.7. The van der Waals surface area contributed by atoms with Crippen LogP contribution in [0.3, 0.4) is 0 Å². The van der Waals surface area contributed by atoms with Crippen LogP contribution in [0, 0.1) is 0 Å². The summed E-state index contributed by atoms with van der Waals surface area (Å²) in [6.45, 7) is 2.26. The summed E-state index contributed by atoms with van der Waals surface area (Å²) < 4.78 is 0. The topological polar surface area (TPSA) is 37.3 Å². The molecule has 0 aliphatic carbocycles. The van der Waals surface area contributed by atoms with Crippen molar-refractivity contribution in [1.29, 1.82) is 0 Å². The molecule has 0 heterocycles. The van der Waals surface area contributed by atoms with E-state index >= 15 is 0 Å². The predicted octanol–water partition coefficient (Wildman–Crippen LogP) is 8.39. The second-order valence-electron chi connectivity index (χ2n) is 7.50. The van der Waals surface area contributed by atoms with Gasteiger partial charge in [-0.1, -0.05) is 101 Å².